The fraction of sp³-hybridized carbons (Fsp3) is 0.167. The van der Waals surface area contributed by atoms with Gasteiger partial charge in [0, 0.05) is 5.02 Å². The number of hydrogen-bond donors (Lipinski definition) is 1. The molecular weight excluding hydrogens is 513 g/mol. The van der Waals surface area contributed by atoms with E-state index in [1.54, 1.807) is 29.8 Å². The molecule has 4 rings (SSSR count). The van der Waals surface area contributed by atoms with E-state index in [9.17, 15) is 9.18 Å². The minimum absolute atomic E-state index is 0.161. The summed E-state index contributed by atoms with van der Waals surface area (Å²) >= 11 is 9.57. The topological polar surface area (TPSA) is 69.3 Å². The van der Waals surface area contributed by atoms with Crippen LogP contribution in [-0.4, -0.2) is 15.7 Å². The van der Waals surface area contributed by atoms with E-state index in [4.69, 9.17) is 20.8 Å². The lowest BCUT2D eigenvalue weighted by atomic mass is 10.2. The smallest absolute Gasteiger partial charge is 0.291 e. The van der Waals surface area contributed by atoms with E-state index in [-0.39, 0.29) is 12.4 Å². The third-order valence-electron chi connectivity index (χ3n) is 5.05. The number of carbonyl (C=O) groups is 1. The number of anilines is 1. The normalized spacial score (nSPS) is 10.9. The fourth-order valence-corrected chi connectivity index (χ4v) is 3.93. The van der Waals surface area contributed by atoms with Crippen LogP contribution in [0.3, 0.4) is 0 Å². The third kappa shape index (κ3) is 5.29. The SMILES string of the molecule is Cc1nn(Cc2ccc(F)cc2Cl)c(C)c1NC(=O)c1ccc(COc2ccccc2Br)o1. The van der Waals surface area contributed by atoms with E-state index >= 15 is 0 Å². The van der Waals surface area contributed by atoms with Gasteiger partial charge in [-0.1, -0.05) is 29.8 Å². The maximum absolute atomic E-state index is 13.3. The Morgan fingerprint density at radius 3 is 2.76 bits per heavy atom. The van der Waals surface area contributed by atoms with Crippen LogP contribution in [0.15, 0.2) is 63.5 Å². The van der Waals surface area contributed by atoms with Gasteiger partial charge in [-0.2, -0.15) is 5.10 Å². The largest absolute Gasteiger partial charge is 0.484 e. The number of aryl methyl sites for hydroxylation is 1. The Balaban J connectivity index is 1.44. The summed E-state index contributed by atoms with van der Waals surface area (Å²) < 4.78 is 27.2. The Morgan fingerprint density at radius 2 is 2.00 bits per heavy atom. The van der Waals surface area contributed by atoms with Gasteiger partial charge in [-0.15, -0.1) is 0 Å². The molecule has 1 amide bonds. The number of ether oxygens (including phenoxy) is 1. The molecule has 2 heterocycles. The summed E-state index contributed by atoms with van der Waals surface area (Å²) in [4.78, 5) is 12.8. The summed E-state index contributed by atoms with van der Waals surface area (Å²) in [5.74, 6) is 0.567. The van der Waals surface area contributed by atoms with Gasteiger partial charge >= 0.3 is 0 Å². The first-order valence-electron chi connectivity index (χ1n) is 10.1. The van der Waals surface area contributed by atoms with Crippen molar-refractivity contribution in [3.63, 3.8) is 0 Å². The van der Waals surface area contributed by atoms with Crippen LogP contribution >= 0.6 is 27.5 Å². The van der Waals surface area contributed by atoms with E-state index in [0.717, 1.165) is 15.7 Å². The molecule has 0 fully saturated rings. The van der Waals surface area contributed by atoms with Crippen LogP contribution in [0, 0.1) is 19.7 Å². The van der Waals surface area contributed by atoms with Crippen LogP contribution in [-0.2, 0) is 13.2 Å². The molecule has 170 valence electrons. The number of aromatic nitrogens is 2. The van der Waals surface area contributed by atoms with Gasteiger partial charge in [0.2, 0.25) is 0 Å². The first-order chi connectivity index (χ1) is 15.8. The quantitative estimate of drug-likeness (QED) is 0.294. The van der Waals surface area contributed by atoms with E-state index in [2.05, 4.69) is 26.3 Å². The summed E-state index contributed by atoms with van der Waals surface area (Å²) in [7, 11) is 0. The van der Waals surface area contributed by atoms with Gasteiger partial charge in [0.25, 0.3) is 5.91 Å². The second-order valence-electron chi connectivity index (χ2n) is 7.38. The zero-order valence-electron chi connectivity index (χ0n) is 17.9. The number of para-hydroxylation sites is 1. The fourth-order valence-electron chi connectivity index (χ4n) is 3.31. The number of nitrogens with one attached hydrogen (secondary N) is 1. The molecule has 0 unspecified atom stereocenters. The zero-order chi connectivity index (χ0) is 23.5. The number of rotatable bonds is 7. The zero-order valence-corrected chi connectivity index (χ0v) is 20.2. The third-order valence-corrected chi connectivity index (χ3v) is 6.05. The molecule has 0 saturated carbocycles. The number of nitrogens with zero attached hydrogens (tertiary/aromatic N) is 2. The molecule has 4 aromatic rings. The molecule has 2 aromatic heterocycles. The van der Waals surface area contributed by atoms with Crippen molar-refractivity contribution >= 4 is 39.1 Å². The molecule has 2 aromatic carbocycles. The molecule has 0 aliphatic carbocycles. The monoisotopic (exact) mass is 531 g/mol. The molecule has 0 bridgehead atoms. The van der Waals surface area contributed by atoms with Crippen LogP contribution in [0.4, 0.5) is 10.1 Å². The molecule has 0 spiro atoms. The van der Waals surface area contributed by atoms with Gasteiger partial charge in [-0.05, 0) is 71.7 Å². The van der Waals surface area contributed by atoms with Crippen LogP contribution < -0.4 is 10.1 Å². The van der Waals surface area contributed by atoms with E-state index in [0.29, 0.717) is 34.5 Å². The highest BCUT2D eigenvalue weighted by atomic mass is 79.9. The van der Waals surface area contributed by atoms with Crippen molar-refractivity contribution in [1.29, 1.82) is 0 Å². The summed E-state index contributed by atoms with van der Waals surface area (Å²) in [6.45, 7) is 4.17. The number of benzene rings is 2. The number of halogens is 3. The maximum Gasteiger partial charge on any atom is 0.291 e. The van der Waals surface area contributed by atoms with Crippen molar-refractivity contribution in [3.05, 3.63) is 98.4 Å². The Kier molecular flexibility index (Phi) is 6.85. The number of carbonyl (C=O) groups excluding carboxylic acids is 1. The van der Waals surface area contributed by atoms with Gasteiger partial charge in [0.05, 0.1) is 28.1 Å². The summed E-state index contributed by atoms with van der Waals surface area (Å²) in [5.41, 5.74) is 2.69. The van der Waals surface area contributed by atoms with Crippen molar-refractivity contribution in [3.8, 4) is 5.75 Å². The van der Waals surface area contributed by atoms with Crippen molar-refractivity contribution in [2.75, 3.05) is 5.32 Å². The lowest BCUT2D eigenvalue weighted by Gasteiger charge is -2.08. The average molecular weight is 533 g/mol. The van der Waals surface area contributed by atoms with Crippen molar-refractivity contribution in [2.24, 2.45) is 0 Å². The standard InChI is InChI=1S/C24H20BrClFN3O3/c1-14-23(15(2)30(29-14)12-16-7-8-17(27)11-20(16)26)28-24(31)22-10-9-18(33-22)13-32-21-6-4-3-5-19(21)25/h3-11H,12-13H2,1-2H3,(H,28,31). The average Bonchev–Trinajstić information content (AvgIpc) is 3.35. The van der Waals surface area contributed by atoms with Crippen molar-refractivity contribution in [1.82, 2.24) is 9.78 Å². The number of hydrogen-bond acceptors (Lipinski definition) is 4. The van der Waals surface area contributed by atoms with Crippen LogP contribution in [0.25, 0.3) is 0 Å². The molecule has 0 radical (unpaired) electrons. The summed E-state index contributed by atoms with van der Waals surface area (Å²) in [6, 6.07) is 15.0. The maximum atomic E-state index is 13.3. The Labute approximate surface area is 203 Å². The van der Waals surface area contributed by atoms with Gasteiger partial charge in [-0.3, -0.25) is 9.48 Å². The predicted molar refractivity (Wildman–Crippen MR) is 127 cm³/mol. The second-order valence-corrected chi connectivity index (χ2v) is 8.64. The molecule has 33 heavy (non-hydrogen) atoms. The van der Waals surface area contributed by atoms with E-state index < -0.39 is 11.7 Å². The lowest BCUT2D eigenvalue weighted by Crippen LogP contribution is -2.12. The van der Waals surface area contributed by atoms with Gasteiger partial charge < -0.3 is 14.5 Å². The van der Waals surface area contributed by atoms with Gasteiger partial charge in [0.15, 0.2) is 5.76 Å². The van der Waals surface area contributed by atoms with E-state index in [1.165, 1.54) is 12.1 Å². The first-order valence-corrected chi connectivity index (χ1v) is 11.2. The molecule has 9 heteroatoms. The minimum atomic E-state index is -0.398. The number of amides is 1. The molecule has 0 aliphatic rings. The molecular formula is C24H20BrClFN3O3. The molecule has 6 nitrogen and oxygen atoms in total. The lowest BCUT2D eigenvalue weighted by molar-refractivity contribution is 0.0992. The predicted octanol–water partition coefficient (Wildman–Crippen LogP) is 6.53. The van der Waals surface area contributed by atoms with Crippen LogP contribution in [0.1, 0.15) is 33.3 Å². The summed E-state index contributed by atoms with van der Waals surface area (Å²) in [6.07, 6.45) is 0. The highest BCUT2D eigenvalue weighted by Gasteiger charge is 2.18. The Bertz CT molecular complexity index is 1320. The Morgan fingerprint density at radius 1 is 1.21 bits per heavy atom. The molecule has 0 aliphatic heterocycles. The van der Waals surface area contributed by atoms with Crippen molar-refractivity contribution < 1.29 is 18.3 Å². The van der Waals surface area contributed by atoms with E-state index in [1.807, 2.05) is 31.2 Å². The first kappa shape index (κ1) is 23.1. The Hall–Kier alpha value is -3.10. The van der Waals surface area contributed by atoms with Gasteiger partial charge in [0.1, 0.15) is 23.9 Å². The molecule has 0 saturated heterocycles. The minimum Gasteiger partial charge on any atom is -0.484 e. The summed E-state index contributed by atoms with van der Waals surface area (Å²) in [5, 5.41) is 7.67. The second kappa shape index (κ2) is 9.80. The van der Waals surface area contributed by atoms with Crippen molar-refractivity contribution in [2.45, 2.75) is 27.0 Å². The highest BCUT2D eigenvalue weighted by Crippen LogP contribution is 2.26. The molecule has 1 N–H and O–H groups in total. The van der Waals surface area contributed by atoms with Crippen LogP contribution in [0.5, 0.6) is 5.75 Å². The van der Waals surface area contributed by atoms with Crippen LogP contribution in [0.2, 0.25) is 5.02 Å². The number of furan rings is 1. The van der Waals surface area contributed by atoms with Gasteiger partial charge in [-0.25, -0.2) is 4.39 Å². The molecule has 0 atom stereocenters. The highest BCUT2D eigenvalue weighted by molar-refractivity contribution is 9.10.